The first-order valence-corrected chi connectivity index (χ1v) is 5.17. The lowest BCUT2D eigenvalue weighted by molar-refractivity contribution is 0.131. The van der Waals surface area contributed by atoms with Gasteiger partial charge < -0.3 is 4.84 Å². The Labute approximate surface area is 90.3 Å². The summed E-state index contributed by atoms with van der Waals surface area (Å²) in [5.41, 5.74) is 2.21. The highest BCUT2D eigenvalue weighted by Crippen LogP contribution is 2.26. The molecule has 0 spiro atoms. The third-order valence-electron chi connectivity index (χ3n) is 2.30. The van der Waals surface area contributed by atoms with Gasteiger partial charge in [0, 0.05) is 5.92 Å². The predicted molar refractivity (Wildman–Crippen MR) is 61.5 cm³/mol. The molecule has 1 fully saturated rings. The molecule has 1 aromatic carbocycles. The van der Waals surface area contributed by atoms with Gasteiger partial charge in [0.05, 0.1) is 0 Å². The Kier molecular flexibility index (Phi) is 3.18. The molecule has 77 valence electrons. The molecule has 0 bridgehead atoms. The minimum absolute atomic E-state index is 0.501. The van der Waals surface area contributed by atoms with Gasteiger partial charge in [0.15, 0.2) is 0 Å². The molecule has 2 nitrogen and oxygen atoms in total. The molecular weight excluding hydrogens is 186 g/mol. The predicted octanol–water partition coefficient (Wildman–Crippen LogP) is 3.12. The van der Waals surface area contributed by atoms with Crippen molar-refractivity contribution in [3.8, 4) is 0 Å². The lowest BCUT2D eigenvalue weighted by Crippen LogP contribution is -1.88. The van der Waals surface area contributed by atoms with E-state index >= 15 is 0 Å². The zero-order valence-electron chi connectivity index (χ0n) is 8.65. The highest BCUT2D eigenvalue weighted by atomic mass is 16.6. The second kappa shape index (κ2) is 4.78. The summed E-state index contributed by atoms with van der Waals surface area (Å²) in [5.74, 6) is 0.546. The Balaban J connectivity index is 1.83. The molecule has 1 radical (unpaired) electrons. The molecule has 1 saturated carbocycles. The number of hydrogen-bond donors (Lipinski definition) is 0. The van der Waals surface area contributed by atoms with Crippen LogP contribution in [0.5, 0.6) is 0 Å². The van der Waals surface area contributed by atoms with Crippen molar-refractivity contribution < 1.29 is 4.84 Å². The molecule has 15 heavy (non-hydrogen) atoms. The van der Waals surface area contributed by atoms with E-state index in [1.54, 1.807) is 0 Å². The minimum Gasteiger partial charge on any atom is -0.391 e. The second-order valence-electron chi connectivity index (χ2n) is 3.72. The molecule has 0 amide bonds. The molecule has 1 aliphatic carbocycles. The van der Waals surface area contributed by atoms with E-state index in [0.29, 0.717) is 12.5 Å². The standard InChI is InChI=1S/C13H14NO/c1-2-11-4-3-5-13(8-11)10-15-14-9-12-6-7-12/h2-5,8,12H,1,6-7,10H2. The number of hydrogen-bond acceptors (Lipinski definition) is 2. The summed E-state index contributed by atoms with van der Waals surface area (Å²) in [4.78, 5) is 5.15. The van der Waals surface area contributed by atoms with Crippen LogP contribution in [0.2, 0.25) is 0 Å². The maximum absolute atomic E-state index is 5.15. The van der Waals surface area contributed by atoms with Crippen LogP contribution in [0.15, 0.2) is 36.0 Å². The SMILES string of the molecule is C=Cc1cccc(CO/N=[C]\C2CC2)c1. The molecule has 2 rings (SSSR count). The lowest BCUT2D eigenvalue weighted by Gasteiger charge is -2.00. The van der Waals surface area contributed by atoms with Crippen molar-refractivity contribution in [2.24, 2.45) is 11.1 Å². The third kappa shape index (κ3) is 3.24. The van der Waals surface area contributed by atoms with E-state index in [-0.39, 0.29) is 0 Å². The average Bonchev–Trinajstić information content (AvgIpc) is 3.09. The first-order chi connectivity index (χ1) is 7.38. The highest BCUT2D eigenvalue weighted by molar-refractivity contribution is 5.62. The molecule has 0 aliphatic heterocycles. The van der Waals surface area contributed by atoms with Gasteiger partial charge in [-0.25, -0.2) is 0 Å². The monoisotopic (exact) mass is 200 g/mol. The Morgan fingerprint density at radius 1 is 1.53 bits per heavy atom. The quantitative estimate of drug-likeness (QED) is 0.528. The van der Waals surface area contributed by atoms with Crippen LogP contribution in [0, 0.1) is 5.92 Å². The van der Waals surface area contributed by atoms with Gasteiger partial charge in [-0.2, -0.15) is 0 Å². The third-order valence-corrected chi connectivity index (χ3v) is 2.30. The fourth-order valence-corrected chi connectivity index (χ4v) is 1.24. The summed E-state index contributed by atoms with van der Waals surface area (Å²) in [6.45, 7) is 4.22. The second-order valence-corrected chi connectivity index (χ2v) is 3.72. The Morgan fingerprint density at radius 2 is 2.40 bits per heavy atom. The van der Waals surface area contributed by atoms with Crippen molar-refractivity contribution in [1.82, 2.24) is 0 Å². The Morgan fingerprint density at radius 3 is 3.13 bits per heavy atom. The molecular formula is C13H14NO. The highest BCUT2D eigenvalue weighted by Gasteiger charge is 2.19. The topological polar surface area (TPSA) is 21.6 Å². The van der Waals surface area contributed by atoms with Crippen LogP contribution in [0.4, 0.5) is 0 Å². The molecule has 2 heteroatoms. The van der Waals surface area contributed by atoms with Gasteiger partial charge in [0.2, 0.25) is 0 Å². The molecule has 0 atom stereocenters. The minimum atomic E-state index is 0.501. The van der Waals surface area contributed by atoms with E-state index in [9.17, 15) is 0 Å². The van der Waals surface area contributed by atoms with E-state index in [4.69, 9.17) is 4.84 Å². The summed E-state index contributed by atoms with van der Waals surface area (Å²) in [5, 5.41) is 3.81. The first kappa shape index (κ1) is 9.97. The largest absolute Gasteiger partial charge is 0.391 e. The van der Waals surface area contributed by atoms with Gasteiger partial charge in [0.1, 0.15) is 12.8 Å². The molecule has 0 saturated heterocycles. The van der Waals surface area contributed by atoms with E-state index in [1.807, 2.05) is 30.3 Å². The van der Waals surface area contributed by atoms with Crippen LogP contribution in [0.25, 0.3) is 6.08 Å². The van der Waals surface area contributed by atoms with Gasteiger partial charge in [-0.05, 0) is 30.0 Å². The number of nitrogens with zero attached hydrogens (tertiary/aromatic N) is 1. The maximum atomic E-state index is 5.15. The van der Waals surface area contributed by atoms with Crippen molar-refractivity contribution in [2.45, 2.75) is 19.4 Å². The van der Waals surface area contributed by atoms with Crippen LogP contribution in [-0.4, -0.2) is 6.21 Å². The summed E-state index contributed by atoms with van der Waals surface area (Å²) < 4.78 is 0. The van der Waals surface area contributed by atoms with Crippen molar-refractivity contribution in [3.05, 3.63) is 42.0 Å². The smallest absolute Gasteiger partial charge is 0.142 e. The normalized spacial score (nSPS) is 15.5. The average molecular weight is 200 g/mol. The molecule has 0 N–H and O–H groups in total. The van der Waals surface area contributed by atoms with E-state index in [2.05, 4.69) is 17.9 Å². The van der Waals surface area contributed by atoms with Gasteiger partial charge in [0.25, 0.3) is 0 Å². The van der Waals surface area contributed by atoms with Crippen molar-refractivity contribution in [3.63, 3.8) is 0 Å². The van der Waals surface area contributed by atoms with Gasteiger partial charge >= 0.3 is 0 Å². The van der Waals surface area contributed by atoms with Crippen molar-refractivity contribution in [1.29, 1.82) is 0 Å². The molecule has 0 heterocycles. The number of rotatable bonds is 5. The van der Waals surface area contributed by atoms with Gasteiger partial charge in [-0.3, -0.25) is 0 Å². The van der Waals surface area contributed by atoms with Crippen LogP contribution in [0.1, 0.15) is 24.0 Å². The summed E-state index contributed by atoms with van der Waals surface area (Å²) in [6.07, 6.45) is 7.17. The lowest BCUT2D eigenvalue weighted by atomic mass is 10.1. The summed E-state index contributed by atoms with van der Waals surface area (Å²) >= 11 is 0. The van der Waals surface area contributed by atoms with Crippen LogP contribution in [-0.2, 0) is 11.4 Å². The fourth-order valence-electron chi connectivity index (χ4n) is 1.24. The van der Waals surface area contributed by atoms with Gasteiger partial charge in [-0.1, -0.05) is 36.0 Å². The van der Waals surface area contributed by atoms with Crippen LogP contribution < -0.4 is 0 Å². The van der Waals surface area contributed by atoms with E-state index in [1.165, 1.54) is 12.8 Å². The Hall–Kier alpha value is -1.57. The van der Waals surface area contributed by atoms with Crippen LogP contribution in [0.3, 0.4) is 0 Å². The van der Waals surface area contributed by atoms with E-state index in [0.717, 1.165) is 11.1 Å². The zero-order chi connectivity index (χ0) is 10.5. The molecule has 1 aromatic rings. The van der Waals surface area contributed by atoms with E-state index < -0.39 is 0 Å². The zero-order valence-corrected chi connectivity index (χ0v) is 8.65. The summed E-state index contributed by atoms with van der Waals surface area (Å²) in [6, 6.07) is 8.05. The maximum Gasteiger partial charge on any atom is 0.142 e. The molecule has 1 aliphatic rings. The fraction of sp³-hybridized carbons (Fsp3) is 0.308. The molecule has 0 aromatic heterocycles. The van der Waals surface area contributed by atoms with Crippen LogP contribution >= 0.6 is 0 Å². The van der Waals surface area contributed by atoms with Gasteiger partial charge in [-0.15, -0.1) is 0 Å². The molecule has 0 unspecified atom stereocenters. The summed E-state index contributed by atoms with van der Waals surface area (Å²) in [7, 11) is 0. The van der Waals surface area contributed by atoms with Crippen molar-refractivity contribution >= 4 is 12.3 Å². The first-order valence-electron chi connectivity index (χ1n) is 5.17. The number of benzene rings is 1. The van der Waals surface area contributed by atoms with Crippen molar-refractivity contribution in [2.75, 3.05) is 0 Å². The Bertz CT molecular complexity index is 367.